The van der Waals surface area contributed by atoms with Crippen molar-refractivity contribution in [3.05, 3.63) is 17.7 Å². The third-order valence-electron chi connectivity index (χ3n) is 1.13. The average Bonchev–Trinajstić information content (AvgIpc) is 1.65. The Labute approximate surface area is 48.3 Å². The number of quaternary nitrogens is 1. The summed E-state index contributed by atoms with van der Waals surface area (Å²) in [4.78, 5) is 0. The second-order valence-electron chi connectivity index (χ2n) is 2.05. The van der Waals surface area contributed by atoms with E-state index in [2.05, 4.69) is 0 Å². The summed E-state index contributed by atoms with van der Waals surface area (Å²) < 4.78 is 4.50. The second-order valence-corrected chi connectivity index (χ2v) is 2.05. The molecule has 1 aliphatic heterocycles. The van der Waals surface area contributed by atoms with Gasteiger partial charge in [0.1, 0.15) is 25.6 Å². The van der Waals surface area contributed by atoms with E-state index in [1.807, 2.05) is 0 Å². The van der Waals surface area contributed by atoms with E-state index in [1.54, 1.807) is 7.05 Å². The van der Waals surface area contributed by atoms with Crippen LogP contribution in [0.15, 0.2) is 12.5 Å². The lowest BCUT2D eigenvalue weighted by molar-refractivity contribution is -0.812. The van der Waals surface area contributed by atoms with Crippen LogP contribution in [-0.4, -0.2) is 24.8 Å². The Bertz CT molecular complexity index is 109. The summed E-state index contributed by atoms with van der Waals surface area (Å²) in [7, 11) is 1.60. The van der Waals surface area contributed by atoms with Crippen LogP contribution >= 0.6 is 0 Å². The SMILES string of the molecule is C[N+]1([O-])C=COCC1. The zero-order valence-electron chi connectivity index (χ0n) is 4.83. The lowest BCUT2D eigenvalue weighted by Gasteiger charge is -2.35. The molecule has 0 saturated carbocycles. The molecule has 0 amide bonds. The number of likely N-dealkylation sites (N-methyl/N-ethyl adjacent to an activating group) is 1. The Balaban J connectivity index is 2.56. The van der Waals surface area contributed by atoms with Crippen LogP contribution in [0.2, 0.25) is 0 Å². The maximum atomic E-state index is 10.9. The molecule has 1 heterocycles. The highest BCUT2D eigenvalue weighted by atomic mass is 16.6. The molecule has 0 fully saturated rings. The monoisotopic (exact) mass is 115 g/mol. The van der Waals surface area contributed by atoms with E-state index in [-0.39, 0.29) is 4.65 Å². The zero-order chi connectivity index (χ0) is 6.04. The Morgan fingerprint density at radius 2 is 2.50 bits per heavy atom. The summed E-state index contributed by atoms with van der Waals surface area (Å²) in [6.07, 6.45) is 2.94. The first-order chi connectivity index (χ1) is 3.71. The first-order valence-corrected chi connectivity index (χ1v) is 2.56. The van der Waals surface area contributed by atoms with Crippen molar-refractivity contribution in [3.63, 3.8) is 0 Å². The fraction of sp³-hybridized carbons (Fsp3) is 0.600. The van der Waals surface area contributed by atoms with Gasteiger partial charge in [0.05, 0.1) is 7.05 Å². The first kappa shape index (κ1) is 5.59. The van der Waals surface area contributed by atoms with E-state index in [0.717, 1.165) is 0 Å². The van der Waals surface area contributed by atoms with Crippen LogP contribution in [0.25, 0.3) is 0 Å². The van der Waals surface area contributed by atoms with Gasteiger partial charge in [-0.25, -0.2) is 0 Å². The molecule has 8 heavy (non-hydrogen) atoms. The van der Waals surface area contributed by atoms with Crippen LogP contribution in [0, 0.1) is 5.21 Å². The fourth-order valence-electron chi connectivity index (χ4n) is 0.548. The zero-order valence-corrected chi connectivity index (χ0v) is 4.83. The Hall–Kier alpha value is -0.540. The Morgan fingerprint density at radius 3 is 2.75 bits per heavy atom. The molecular formula is C5H9NO2. The van der Waals surface area contributed by atoms with Gasteiger partial charge in [-0.3, -0.25) is 0 Å². The van der Waals surface area contributed by atoms with Crippen LogP contribution in [0.5, 0.6) is 0 Å². The van der Waals surface area contributed by atoms with Gasteiger partial charge in [0.25, 0.3) is 0 Å². The van der Waals surface area contributed by atoms with Crippen LogP contribution in [0.3, 0.4) is 0 Å². The van der Waals surface area contributed by atoms with Gasteiger partial charge in [-0.15, -0.1) is 0 Å². The molecule has 0 aromatic rings. The van der Waals surface area contributed by atoms with Gasteiger partial charge < -0.3 is 14.6 Å². The van der Waals surface area contributed by atoms with E-state index in [1.165, 1.54) is 12.5 Å². The highest BCUT2D eigenvalue weighted by Gasteiger charge is 2.08. The highest BCUT2D eigenvalue weighted by Crippen LogP contribution is 2.04. The van der Waals surface area contributed by atoms with Crippen molar-refractivity contribution in [2.45, 2.75) is 0 Å². The van der Waals surface area contributed by atoms with E-state index in [9.17, 15) is 5.21 Å². The summed E-state index contributed by atoms with van der Waals surface area (Å²) in [6.45, 7) is 1.06. The van der Waals surface area contributed by atoms with Gasteiger partial charge in [0.2, 0.25) is 0 Å². The smallest absolute Gasteiger partial charge is 0.137 e. The third-order valence-corrected chi connectivity index (χ3v) is 1.13. The molecular weight excluding hydrogens is 106 g/mol. The van der Waals surface area contributed by atoms with Crippen molar-refractivity contribution in [3.8, 4) is 0 Å². The van der Waals surface area contributed by atoms with Gasteiger partial charge in [-0.05, 0) is 0 Å². The predicted octanol–water partition coefficient (Wildman–Crippen LogP) is 0.432. The molecule has 0 aromatic carbocycles. The second kappa shape index (κ2) is 1.76. The van der Waals surface area contributed by atoms with Crippen molar-refractivity contribution in [1.29, 1.82) is 0 Å². The summed E-state index contributed by atoms with van der Waals surface area (Å²) in [5.74, 6) is 0. The topological polar surface area (TPSA) is 32.3 Å². The molecule has 0 aromatic heterocycles. The quantitative estimate of drug-likeness (QED) is 0.339. The van der Waals surface area contributed by atoms with Crippen LogP contribution in [0.1, 0.15) is 0 Å². The summed E-state index contributed by atoms with van der Waals surface area (Å²) in [5, 5.41) is 10.9. The molecule has 0 radical (unpaired) electrons. The number of hydrogen-bond donors (Lipinski definition) is 0. The molecule has 0 spiro atoms. The van der Waals surface area contributed by atoms with Crippen LogP contribution in [0.4, 0.5) is 0 Å². The number of hydroxylamine groups is 3. The van der Waals surface area contributed by atoms with Gasteiger partial charge >= 0.3 is 0 Å². The summed E-state index contributed by atoms with van der Waals surface area (Å²) in [5.41, 5.74) is 0. The minimum Gasteiger partial charge on any atom is -0.628 e. The maximum Gasteiger partial charge on any atom is 0.137 e. The number of ether oxygens (including phenoxy) is 1. The van der Waals surface area contributed by atoms with Crippen molar-refractivity contribution in [1.82, 2.24) is 0 Å². The van der Waals surface area contributed by atoms with Crippen molar-refractivity contribution >= 4 is 0 Å². The largest absolute Gasteiger partial charge is 0.628 e. The fourth-order valence-corrected chi connectivity index (χ4v) is 0.548. The number of nitrogens with zero attached hydrogens (tertiary/aromatic N) is 1. The average molecular weight is 115 g/mol. The standard InChI is InChI=1S/C5H9NO2/c1-6(7)2-4-8-5-3-6/h2,4H,3,5H2,1H3. The molecule has 1 aliphatic rings. The van der Waals surface area contributed by atoms with Gasteiger partial charge in [-0.1, -0.05) is 0 Å². The van der Waals surface area contributed by atoms with Gasteiger partial charge in [0, 0.05) is 0 Å². The molecule has 0 bridgehead atoms. The van der Waals surface area contributed by atoms with Crippen molar-refractivity contribution < 1.29 is 9.38 Å². The normalized spacial score (nSPS) is 36.8. The molecule has 3 nitrogen and oxygen atoms in total. The van der Waals surface area contributed by atoms with Crippen molar-refractivity contribution in [2.24, 2.45) is 0 Å². The molecule has 1 atom stereocenters. The predicted molar refractivity (Wildman–Crippen MR) is 29.5 cm³/mol. The van der Waals surface area contributed by atoms with E-state index >= 15 is 0 Å². The molecule has 1 unspecified atom stereocenters. The lowest BCUT2D eigenvalue weighted by atomic mass is 10.5. The third kappa shape index (κ3) is 1.21. The van der Waals surface area contributed by atoms with Crippen molar-refractivity contribution in [2.75, 3.05) is 20.2 Å². The molecule has 46 valence electrons. The molecule has 0 aliphatic carbocycles. The maximum absolute atomic E-state index is 10.9. The van der Waals surface area contributed by atoms with E-state index in [0.29, 0.717) is 13.2 Å². The minimum atomic E-state index is -0.306. The minimum absolute atomic E-state index is 0.306. The van der Waals surface area contributed by atoms with E-state index in [4.69, 9.17) is 4.74 Å². The first-order valence-electron chi connectivity index (χ1n) is 2.56. The van der Waals surface area contributed by atoms with E-state index < -0.39 is 0 Å². The Kier molecular flexibility index (Phi) is 1.23. The lowest BCUT2D eigenvalue weighted by Crippen LogP contribution is -2.36. The van der Waals surface area contributed by atoms with Crippen LogP contribution < -0.4 is 0 Å². The summed E-state index contributed by atoms with van der Waals surface area (Å²) in [6, 6.07) is 0. The number of hydrogen-bond acceptors (Lipinski definition) is 2. The van der Waals surface area contributed by atoms with Crippen LogP contribution in [-0.2, 0) is 4.74 Å². The summed E-state index contributed by atoms with van der Waals surface area (Å²) >= 11 is 0. The molecule has 0 saturated heterocycles. The molecule has 1 rings (SSSR count). The Morgan fingerprint density at radius 1 is 1.75 bits per heavy atom. The highest BCUT2D eigenvalue weighted by molar-refractivity contribution is 4.67. The molecule has 3 heteroatoms. The van der Waals surface area contributed by atoms with Gasteiger partial charge in [0.15, 0.2) is 0 Å². The molecule has 0 N–H and O–H groups in total. The van der Waals surface area contributed by atoms with Gasteiger partial charge in [-0.2, -0.15) is 0 Å². The number of rotatable bonds is 0.